The number of amides is 1. The summed E-state index contributed by atoms with van der Waals surface area (Å²) in [5, 5.41) is 9.29. The first-order valence-corrected chi connectivity index (χ1v) is 4.44. The van der Waals surface area contributed by atoms with E-state index in [-0.39, 0.29) is 5.91 Å². The maximum atomic E-state index is 10.8. The Hall–Kier alpha value is -1.39. The molecule has 0 bridgehead atoms. The van der Waals surface area contributed by atoms with Crippen molar-refractivity contribution in [1.82, 2.24) is 20.5 Å². The molecule has 1 aromatic rings. The van der Waals surface area contributed by atoms with Crippen molar-refractivity contribution in [2.24, 2.45) is 0 Å². The maximum Gasteiger partial charge on any atom is 0.219 e. The second-order valence-corrected chi connectivity index (χ2v) is 2.74. The molecule has 0 fully saturated rings. The fraction of sp³-hybridized carbons (Fsp3) is 0.625. The largest absolute Gasteiger partial charge is 0.356 e. The molecule has 0 saturated heterocycles. The van der Waals surface area contributed by atoms with Crippen LogP contribution >= 0.6 is 0 Å². The summed E-state index contributed by atoms with van der Waals surface area (Å²) in [6.45, 7) is 2.54. The molecule has 72 valence electrons. The highest BCUT2D eigenvalue weighted by molar-refractivity contribution is 5.75. The minimum Gasteiger partial charge on any atom is -0.356 e. The van der Waals surface area contributed by atoms with Crippen molar-refractivity contribution in [2.75, 3.05) is 6.54 Å². The molecule has 2 N–H and O–H groups in total. The Bertz CT molecular complexity index is 245. The summed E-state index contributed by atoms with van der Waals surface area (Å²) in [6, 6.07) is 0. The van der Waals surface area contributed by atoms with Crippen molar-refractivity contribution in [3.8, 4) is 0 Å². The Labute approximate surface area is 76.9 Å². The van der Waals surface area contributed by atoms with Gasteiger partial charge in [-0.2, -0.15) is 5.10 Å². The zero-order valence-corrected chi connectivity index (χ0v) is 7.71. The van der Waals surface area contributed by atoms with Gasteiger partial charge in [0.25, 0.3) is 0 Å². The Morgan fingerprint density at radius 3 is 3.15 bits per heavy atom. The van der Waals surface area contributed by atoms with Gasteiger partial charge in [0.1, 0.15) is 12.2 Å². The van der Waals surface area contributed by atoms with Crippen molar-refractivity contribution in [3.05, 3.63) is 12.2 Å². The van der Waals surface area contributed by atoms with Gasteiger partial charge in [-0.25, -0.2) is 4.98 Å². The number of carbonyl (C=O) groups excluding carboxylic acids is 1. The van der Waals surface area contributed by atoms with Crippen LogP contribution < -0.4 is 5.32 Å². The van der Waals surface area contributed by atoms with Crippen LogP contribution in [0.3, 0.4) is 0 Å². The highest BCUT2D eigenvalue weighted by atomic mass is 16.1. The molecule has 0 aliphatic carbocycles. The van der Waals surface area contributed by atoms with Crippen LogP contribution in [0.4, 0.5) is 0 Å². The molecular weight excluding hydrogens is 168 g/mol. The third-order valence-electron chi connectivity index (χ3n) is 1.70. The molecule has 0 aromatic carbocycles. The molecule has 1 rings (SSSR count). The first-order chi connectivity index (χ1) is 6.33. The number of carbonyl (C=O) groups is 1. The Kier molecular flexibility index (Phi) is 3.95. The lowest BCUT2D eigenvalue weighted by molar-refractivity contribution is -0.120. The number of hydrogen-bond donors (Lipinski definition) is 2. The molecule has 1 aromatic heterocycles. The number of nitrogens with zero attached hydrogens (tertiary/aromatic N) is 2. The van der Waals surface area contributed by atoms with Gasteiger partial charge in [0, 0.05) is 19.4 Å². The summed E-state index contributed by atoms with van der Waals surface area (Å²) in [5.74, 6) is 0.961. The van der Waals surface area contributed by atoms with Crippen LogP contribution in [-0.4, -0.2) is 27.6 Å². The summed E-state index contributed by atoms with van der Waals surface area (Å²) in [4.78, 5) is 14.8. The lowest BCUT2D eigenvalue weighted by atomic mass is 10.3. The standard InChI is InChI=1S/C8H14N4O/c1-2-8(13)9-5-3-4-7-10-6-11-12-7/h6H,2-5H2,1H3,(H,9,13)(H,10,11,12). The molecule has 0 spiro atoms. The zero-order valence-electron chi connectivity index (χ0n) is 7.71. The maximum absolute atomic E-state index is 10.8. The van der Waals surface area contributed by atoms with Crippen LogP contribution in [0.1, 0.15) is 25.6 Å². The van der Waals surface area contributed by atoms with Crippen LogP contribution in [-0.2, 0) is 11.2 Å². The lowest BCUT2D eigenvalue weighted by Crippen LogP contribution is -2.23. The third kappa shape index (κ3) is 3.68. The summed E-state index contributed by atoms with van der Waals surface area (Å²) in [7, 11) is 0. The van der Waals surface area contributed by atoms with E-state index >= 15 is 0 Å². The van der Waals surface area contributed by atoms with Crippen LogP contribution in [0.2, 0.25) is 0 Å². The number of rotatable bonds is 5. The van der Waals surface area contributed by atoms with Crippen molar-refractivity contribution < 1.29 is 4.79 Å². The van der Waals surface area contributed by atoms with Gasteiger partial charge in [0.05, 0.1) is 0 Å². The van der Waals surface area contributed by atoms with Gasteiger partial charge in [0.2, 0.25) is 5.91 Å². The molecule has 0 aliphatic rings. The fourth-order valence-corrected chi connectivity index (χ4v) is 0.960. The van der Waals surface area contributed by atoms with E-state index in [1.807, 2.05) is 6.92 Å². The topological polar surface area (TPSA) is 70.7 Å². The van der Waals surface area contributed by atoms with Crippen LogP contribution in [0.15, 0.2) is 6.33 Å². The molecule has 0 radical (unpaired) electrons. The summed E-state index contributed by atoms with van der Waals surface area (Å²) >= 11 is 0. The minimum absolute atomic E-state index is 0.0950. The lowest BCUT2D eigenvalue weighted by Gasteiger charge is -2.00. The number of aromatic nitrogens is 3. The number of aryl methyl sites for hydroxylation is 1. The second-order valence-electron chi connectivity index (χ2n) is 2.74. The number of H-pyrrole nitrogens is 1. The number of nitrogens with one attached hydrogen (secondary N) is 2. The van der Waals surface area contributed by atoms with Crippen LogP contribution in [0, 0.1) is 0 Å². The van der Waals surface area contributed by atoms with Crippen LogP contribution in [0.25, 0.3) is 0 Å². The average Bonchev–Trinajstić information content (AvgIpc) is 2.64. The highest BCUT2D eigenvalue weighted by Gasteiger charge is 1.97. The van der Waals surface area contributed by atoms with E-state index in [1.54, 1.807) is 0 Å². The van der Waals surface area contributed by atoms with E-state index in [0.717, 1.165) is 18.7 Å². The first kappa shape index (κ1) is 9.70. The number of aromatic amines is 1. The van der Waals surface area contributed by atoms with E-state index in [0.29, 0.717) is 13.0 Å². The zero-order chi connectivity index (χ0) is 9.52. The average molecular weight is 182 g/mol. The molecule has 5 heteroatoms. The Balaban J connectivity index is 2.05. The molecule has 0 saturated carbocycles. The van der Waals surface area contributed by atoms with Crippen molar-refractivity contribution in [1.29, 1.82) is 0 Å². The molecule has 13 heavy (non-hydrogen) atoms. The van der Waals surface area contributed by atoms with Crippen molar-refractivity contribution >= 4 is 5.91 Å². The van der Waals surface area contributed by atoms with Gasteiger partial charge in [-0.1, -0.05) is 6.92 Å². The summed E-state index contributed by atoms with van der Waals surface area (Å²) in [5.41, 5.74) is 0. The normalized spacial score (nSPS) is 9.92. The predicted octanol–water partition coefficient (Wildman–Crippen LogP) is 0.263. The van der Waals surface area contributed by atoms with E-state index in [4.69, 9.17) is 0 Å². The minimum atomic E-state index is 0.0950. The van der Waals surface area contributed by atoms with E-state index < -0.39 is 0 Å². The monoisotopic (exact) mass is 182 g/mol. The Morgan fingerprint density at radius 2 is 2.54 bits per heavy atom. The highest BCUT2D eigenvalue weighted by Crippen LogP contribution is 1.91. The molecule has 1 amide bonds. The third-order valence-corrected chi connectivity index (χ3v) is 1.70. The molecule has 0 unspecified atom stereocenters. The van der Waals surface area contributed by atoms with Gasteiger partial charge < -0.3 is 5.32 Å². The summed E-state index contributed by atoms with van der Waals surface area (Å²) in [6.07, 6.45) is 3.74. The SMILES string of the molecule is CCC(=O)NCCCc1ncn[nH]1. The van der Waals surface area contributed by atoms with Gasteiger partial charge >= 0.3 is 0 Å². The molecular formula is C8H14N4O. The second kappa shape index (κ2) is 5.29. The molecule has 0 atom stereocenters. The fourth-order valence-electron chi connectivity index (χ4n) is 0.960. The van der Waals surface area contributed by atoms with Crippen LogP contribution in [0.5, 0.6) is 0 Å². The van der Waals surface area contributed by atoms with Gasteiger partial charge in [0.15, 0.2) is 0 Å². The van der Waals surface area contributed by atoms with Gasteiger partial charge in [-0.3, -0.25) is 9.89 Å². The smallest absolute Gasteiger partial charge is 0.219 e. The molecule has 1 heterocycles. The van der Waals surface area contributed by atoms with Crippen molar-refractivity contribution in [2.45, 2.75) is 26.2 Å². The van der Waals surface area contributed by atoms with Crippen molar-refractivity contribution in [3.63, 3.8) is 0 Å². The first-order valence-electron chi connectivity index (χ1n) is 4.44. The molecule has 0 aliphatic heterocycles. The summed E-state index contributed by atoms with van der Waals surface area (Å²) < 4.78 is 0. The Morgan fingerprint density at radius 1 is 1.69 bits per heavy atom. The predicted molar refractivity (Wildman–Crippen MR) is 48.0 cm³/mol. The quantitative estimate of drug-likeness (QED) is 0.642. The van der Waals surface area contributed by atoms with Gasteiger partial charge in [-0.15, -0.1) is 0 Å². The number of hydrogen-bond acceptors (Lipinski definition) is 3. The van der Waals surface area contributed by atoms with Gasteiger partial charge in [-0.05, 0) is 6.42 Å². The van der Waals surface area contributed by atoms with E-state index in [9.17, 15) is 4.79 Å². The van der Waals surface area contributed by atoms with E-state index in [2.05, 4.69) is 20.5 Å². The van der Waals surface area contributed by atoms with E-state index in [1.165, 1.54) is 6.33 Å². The molecule has 5 nitrogen and oxygen atoms in total.